The largest absolute Gasteiger partial charge is 0.424 e. The minimum atomic E-state index is 0.0290. The maximum Gasteiger partial charge on any atom is 0.295 e. The molecule has 4 aromatic rings. The summed E-state index contributed by atoms with van der Waals surface area (Å²) < 4.78 is 5.82. The summed E-state index contributed by atoms with van der Waals surface area (Å²) in [6.07, 6.45) is 3.39. The number of aryl methyl sites for hydroxylation is 1. The number of carbonyl (C=O) groups is 1. The number of benzene rings is 2. The number of fused-ring (bicyclic) bond motifs is 1. The van der Waals surface area contributed by atoms with Gasteiger partial charge in [0, 0.05) is 13.1 Å². The van der Waals surface area contributed by atoms with Crippen molar-refractivity contribution < 1.29 is 9.21 Å². The molecule has 2 aromatic heterocycles. The number of rotatable bonds is 5. The zero-order valence-electron chi connectivity index (χ0n) is 17.9. The number of amides is 1. The van der Waals surface area contributed by atoms with Crippen LogP contribution in [-0.4, -0.2) is 39.9 Å². The molecule has 1 saturated heterocycles. The van der Waals surface area contributed by atoms with Crippen LogP contribution in [0, 0.1) is 12.3 Å². The molecule has 2 fully saturated rings. The molecule has 1 atom stereocenters. The van der Waals surface area contributed by atoms with E-state index in [9.17, 15) is 4.79 Å². The van der Waals surface area contributed by atoms with Crippen LogP contribution in [0.15, 0.2) is 59.0 Å². The van der Waals surface area contributed by atoms with Crippen LogP contribution in [0.1, 0.15) is 34.8 Å². The topological polar surface area (TPSA) is 71.3 Å². The molecule has 1 aliphatic carbocycles. The number of nitrogens with one attached hydrogen (secondary N) is 1. The fourth-order valence-electron chi connectivity index (χ4n) is 4.77. The van der Waals surface area contributed by atoms with E-state index in [1.165, 1.54) is 12.8 Å². The van der Waals surface area contributed by atoms with Gasteiger partial charge in [-0.3, -0.25) is 4.79 Å². The Kier molecular flexibility index (Phi) is 4.54. The summed E-state index contributed by atoms with van der Waals surface area (Å²) in [5, 5.41) is 4.25. The Morgan fingerprint density at radius 2 is 1.94 bits per heavy atom. The number of aromatic nitrogens is 2. The molecular weight excluding hydrogens is 420 g/mol. The Morgan fingerprint density at radius 1 is 1.16 bits per heavy atom. The second-order valence-electron chi connectivity index (χ2n) is 8.94. The second kappa shape index (κ2) is 7.45. The van der Waals surface area contributed by atoms with Crippen molar-refractivity contribution in [3.8, 4) is 10.4 Å². The average Bonchev–Trinajstić information content (AvgIpc) is 3.14. The number of hydrogen-bond acceptors (Lipinski definition) is 6. The summed E-state index contributed by atoms with van der Waals surface area (Å²) in [5.41, 5.74) is 3.49. The Balaban J connectivity index is 1.26. The van der Waals surface area contributed by atoms with Crippen LogP contribution in [0.3, 0.4) is 0 Å². The standard InChI is InChI=1S/C25H24N4O2S/c1-16-27-21(22(32-16)17-7-3-2-4-8-17)23(30)29-15-25(11-12-25)13-18(29)14-26-24-28-19-9-5-6-10-20(19)31-24/h2-10,18H,11-15H2,1H3,(H,26,28)/t18-/m0/s1. The number of thiazole rings is 1. The van der Waals surface area contributed by atoms with Gasteiger partial charge >= 0.3 is 0 Å². The summed E-state index contributed by atoms with van der Waals surface area (Å²) >= 11 is 1.58. The van der Waals surface area contributed by atoms with Crippen LogP contribution in [-0.2, 0) is 0 Å². The van der Waals surface area contributed by atoms with Gasteiger partial charge in [0.1, 0.15) is 11.2 Å². The molecule has 1 saturated carbocycles. The van der Waals surface area contributed by atoms with Gasteiger partial charge in [-0.05, 0) is 49.3 Å². The van der Waals surface area contributed by atoms with E-state index in [1.807, 2.05) is 66.4 Å². The zero-order valence-corrected chi connectivity index (χ0v) is 18.7. The van der Waals surface area contributed by atoms with Crippen LogP contribution < -0.4 is 5.32 Å². The van der Waals surface area contributed by atoms with Crippen molar-refractivity contribution in [1.82, 2.24) is 14.9 Å². The van der Waals surface area contributed by atoms with Crippen LogP contribution in [0.4, 0.5) is 6.01 Å². The van der Waals surface area contributed by atoms with Crippen molar-refractivity contribution >= 4 is 34.4 Å². The predicted molar refractivity (Wildman–Crippen MR) is 126 cm³/mol. The number of anilines is 1. The highest BCUT2D eigenvalue weighted by atomic mass is 32.1. The van der Waals surface area contributed by atoms with Crippen molar-refractivity contribution in [3.63, 3.8) is 0 Å². The van der Waals surface area contributed by atoms with E-state index in [0.29, 0.717) is 18.3 Å². The predicted octanol–water partition coefficient (Wildman–Crippen LogP) is 5.37. The fraction of sp³-hybridized carbons (Fsp3) is 0.320. The molecule has 6 nitrogen and oxygen atoms in total. The number of nitrogens with zero attached hydrogens (tertiary/aromatic N) is 3. The molecule has 32 heavy (non-hydrogen) atoms. The first-order valence-corrected chi connectivity index (χ1v) is 11.9. The molecule has 0 bridgehead atoms. The summed E-state index contributed by atoms with van der Waals surface area (Å²) in [6.45, 7) is 3.38. The quantitative estimate of drug-likeness (QED) is 0.448. The molecule has 3 heterocycles. The van der Waals surface area contributed by atoms with Crippen LogP contribution in [0.5, 0.6) is 0 Å². The first-order valence-electron chi connectivity index (χ1n) is 11.0. The highest BCUT2D eigenvalue weighted by molar-refractivity contribution is 7.15. The highest BCUT2D eigenvalue weighted by Crippen LogP contribution is 2.55. The molecule has 7 heteroatoms. The lowest BCUT2D eigenvalue weighted by atomic mass is 10.0. The molecule has 1 spiro atoms. The van der Waals surface area contributed by atoms with Gasteiger partial charge in [0.2, 0.25) is 0 Å². The monoisotopic (exact) mass is 444 g/mol. The molecule has 6 rings (SSSR count). The SMILES string of the molecule is Cc1nc(C(=O)N2CC3(CC3)C[C@H]2CNc2nc3ccccc3o2)c(-c2ccccc2)s1. The third kappa shape index (κ3) is 3.46. The van der Waals surface area contributed by atoms with E-state index in [0.717, 1.165) is 39.5 Å². The van der Waals surface area contributed by atoms with Gasteiger partial charge in [0.15, 0.2) is 5.58 Å². The molecule has 1 aliphatic heterocycles. The lowest BCUT2D eigenvalue weighted by Crippen LogP contribution is -2.40. The van der Waals surface area contributed by atoms with Gasteiger partial charge < -0.3 is 14.6 Å². The number of likely N-dealkylation sites (tertiary alicyclic amines) is 1. The number of oxazole rings is 1. The molecule has 0 unspecified atom stereocenters. The Bertz CT molecular complexity index is 1260. The third-order valence-electron chi connectivity index (χ3n) is 6.59. The van der Waals surface area contributed by atoms with E-state index < -0.39 is 0 Å². The maximum absolute atomic E-state index is 13.7. The summed E-state index contributed by atoms with van der Waals surface area (Å²) in [7, 11) is 0. The van der Waals surface area contributed by atoms with Gasteiger partial charge in [0.25, 0.3) is 11.9 Å². The number of para-hydroxylation sites is 2. The molecule has 1 amide bonds. The second-order valence-corrected chi connectivity index (χ2v) is 10.1. The van der Waals surface area contributed by atoms with E-state index in [1.54, 1.807) is 11.3 Å². The smallest absolute Gasteiger partial charge is 0.295 e. The molecule has 2 aliphatic rings. The van der Waals surface area contributed by atoms with Crippen molar-refractivity contribution in [2.75, 3.05) is 18.4 Å². The Morgan fingerprint density at radius 3 is 2.72 bits per heavy atom. The first kappa shape index (κ1) is 19.5. The van der Waals surface area contributed by atoms with Gasteiger partial charge in [-0.15, -0.1) is 11.3 Å². The van der Waals surface area contributed by atoms with Crippen molar-refractivity contribution in [1.29, 1.82) is 0 Å². The minimum Gasteiger partial charge on any atom is -0.424 e. The van der Waals surface area contributed by atoms with Gasteiger partial charge in [-0.2, -0.15) is 4.98 Å². The highest BCUT2D eigenvalue weighted by Gasteiger charge is 2.53. The van der Waals surface area contributed by atoms with Crippen molar-refractivity contribution in [2.45, 2.75) is 32.2 Å². The fourth-order valence-corrected chi connectivity index (χ4v) is 5.69. The van der Waals surface area contributed by atoms with E-state index in [2.05, 4.69) is 15.3 Å². The zero-order chi connectivity index (χ0) is 21.7. The van der Waals surface area contributed by atoms with Gasteiger partial charge in [-0.25, -0.2) is 4.98 Å². The Labute approximate surface area is 190 Å². The third-order valence-corrected chi connectivity index (χ3v) is 7.61. The molecule has 0 radical (unpaired) electrons. The van der Waals surface area contributed by atoms with Crippen molar-refractivity contribution in [2.24, 2.45) is 5.41 Å². The summed E-state index contributed by atoms with van der Waals surface area (Å²) in [4.78, 5) is 25.9. The normalized spacial score (nSPS) is 19.0. The maximum atomic E-state index is 13.7. The number of hydrogen-bond donors (Lipinski definition) is 1. The van der Waals surface area contributed by atoms with E-state index >= 15 is 0 Å². The van der Waals surface area contributed by atoms with Gasteiger partial charge in [0.05, 0.1) is 15.9 Å². The molecule has 2 aromatic carbocycles. The van der Waals surface area contributed by atoms with Crippen LogP contribution in [0.25, 0.3) is 21.5 Å². The summed E-state index contributed by atoms with van der Waals surface area (Å²) in [6, 6.07) is 18.4. The Hall–Kier alpha value is -3.19. The van der Waals surface area contributed by atoms with Crippen LogP contribution in [0.2, 0.25) is 0 Å². The van der Waals surface area contributed by atoms with Crippen molar-refractivity contribution in [3.05, 3.63) is 65.3 Å². The molecular formula is C25H24N4O2S. The van der Waals surface area contributed by atoms with E-state index in [-0.39, 0.29) is 17.4 Å². The lowest BCUT2D eigenvalue weighted by molar-refractivity contribution is 0.0733. The van der Waals surface area contributed by atoms with Crippen LogP contribution >= 0.6 is 11.3 Å². The number of carbonyl (C=O) groups excluding carboxylic acids is 1. The van der Waals surface area contributed by atoms with E-state index in [4.69, 9.17) is 4.42 Å². The summed E-state index contributed by atoms with van der Waals surface area (Å²) in [5.74, 6) is 0.0290. The lowest BCUT2D eigenvalue weighted by Gasteiger charge is -2.24. The first-order chi connectivity index (χ1) is 15.6. The minimum absolute atomic E-state index is 0.0290. The molecule has 162 valence electrons. The van der Waals surface area contributed by atoms with Gasteiger partial charge in [-0.1, -0.05) is 42.5 Å². The average molecular weight is 445 g/mol. The molecule has 1 N–H and O–H groups in total.